The van der Waals surface area contributed by atoms with Crippen molar-refractivity contribution in [2.24, 2.45) is 0 Å². The van der Waals surface area contributed by atoms with Crippen LogP contribution in [0.3, 0.4) is 0 Å². The first-order valence-electron chi connectivity index (χ1n) is 3.96. The molecule has 0 atom stereocenters. The maximum Gasteiger partial charge on any atom is 0.390 e. The maximum absolute atomic E-state index is 11.8. The lowest BCUT2D eigenvalue weighted by Gasteiger charge is -2.07. The van der Waals surface area contributed by atoms with Gasteiger partial charge in [0, 0.05) is 13.0 Å². The zero-order valence-corrected chi connectivity index (χ0v) is 7.17. The second-order valence-electron chi connectivity index (χ2n) is 2.66. The highest BCUT2D eigenvalue weighted by atomic mass is 19.4. The average molecular weight is 193 g/mol. The van der Waals surface area contributed by atoms with Crippen LogP contribution >= 0.6 is 0 Å². The third-order valence-corrected chi connectivity index (χ3v) is 1.65. The summed E-state index contributed by atoms with van der Waals surface area (Å²) in [6.07, 6.45) is -3.03. The summed E-state index contributed by atoms with van der Waals surface area (Å²) in [6, 6.07) is 0. The van der Waals surface area contributed by atoms with Gasteiger partial charge in [-0.25, -0.2) is 0 Å². The molecule has 1 rings (SSSR count). The van der Waals surface area contributed by atoms with Gasteiger partial charge in [0.2, 0.25) is 0 Å². The SMILES string of the molecule is CCc1nncn1CCC(F)(F)F. The number of aryl methyl sites for hydroxylation is 2. The molecule has 1 aromatic rings. The van der Waals surface area contributed by atoms with E-state index in [-0.39, 0.29) is 6.54 Å². The van der Waals surface area contributed by atoms with Crippen LogP contribution < -0.4 is 0 Å². The highest BCUT2D eigenvalue weighted by molar-refractivity contribution is 4.84. The number of hydrogen-bond donors (Lipinski definition) is 0. The molecule has 0 amide bonds. The van der Waals surface area contributed by atoms with E-state index in [1.807, 2.05) is 6.92 Å². The molecule has 3 nitrogen and oxygen atoms in total. The van der Waals surface area contributed by atoms with Crippen LogP contribution in [0.5, 0.6) is 0 Å². The first-order valence-corrected chi connectivity index (χ1v) is 3.96. The Morgan fingerprint density at radius 3 is 2.69 bits per heavy atom. The maximum atomic E-state index is 11.8. The topological polar surface area (TPSA) is 30.7 Å². The fraction of sp³-hybridized carbons (Fsp3) is 0.714. The molecule has 0 radical (unpaired) electrons. The van der Waals surface area contributed by atoms with Gasteiger partial charge in [0.15, 0.2) is 0 Å². The van der Waals surface area contributed by atoms with Gasteiger partial charge in [0.25, 0.3) is 0 Å². The molecule has 0 aliphatic heterocycles. The van der Waals surface area contributed by atoms with Gasteiger partial charge < -0.3 is 4.57 Å². The summed E-state index contributed by atoms with van der Waals surface area (Å²) in [5, 5.41) is 7.22. The predicted octanol–water partition coefficient (Wildman–Crippen LogP) is 1.79. The number of alkyl halides is 3. The molecule has 0 aliphatic carbocycles. The summed E-state index contributed by atoms with van der Waals surface area (Å²) in [5.74, 6) is 0.587. The summed E-state index contributed by atoms with van der Waals surface area (Å²) in [7, 11) is 0. The van der Waals surface area contributed by atoms with Crippen LogP contribution in [0, 0.1) is 0 Å². The molecule has 74 valence electrons. The lowest BCUT2D eigenvalue weighted by atomic mass is 10.4. The van der Waals surface area contributed by atoms with Crippen LogP contribution in [-0.4, -0.2) is 20.9 Å². The molecule has 0 unspecified atom stereocenters. The van der Waals surface area contributed by atoms with Crippen LogP contribution in [0.4, 0.5) is 13.2 Å². The molecule has 1 aromatic heterocycles. The van der Waals surface area contributed by atoms with Crippen molar-refractivity contribution in [1.29, 1.82) is 0 Å². The standard InChI is InChI=1S/C7H10F3N3/c1-2-6-12-11-5-13(6)4-3-7(8,9)10/h5H,2-4H2,1H3. The minimum atomic E-state index is -4.12. The van der Waals surface area contributed by atoms with E-state index in [0.717, 1.165) is 0 Å². The third-order valence-electron chi connectivity index (χ3n) is 1.65. The molecule has 1 heterocycles. The highest BCUT2D eigenvalue weighted by Gasteiger charge is 2.26. The fourth-order valence-electron chi connectivity index (χ4n) is 0.987. The number of hydrogen-bond acceptors (Lipinski definition) is 2. The van der Waals surface area contributed by atoms with E-state index in [4.69, 9.17) is 0 Å². The van der Waals surface area contributed by atoms with Gasteiger partial charge in [-0.05, 0) is 0 Å². The van der Waals surface area contributed by atoms with E-state index in [1.54, 1.807) is 0 Å². The van der Waals surface area contributed by atoms with Gasteiger partial charge in [-0.15, -0.1) is 10.2 Å². The van der Waals surface area contributed by atoms with Crippen molar-refractivity contribution in [3.63, 3.8) is 0 Å². The van der Waals surface area contributed by atoms with Crippen molar-refractivity contribution in [2.45, 2.75) is 32.5 Å². The lowest BCUT2D eigenvalue weighted by molar-refractivity contribution is -0.136. The molecule has 0 bridgehead atoms. The molecule has 6 heteroatoms. The first-order chi connectivity index (χ1) is 6.03. The molecule has 0 saturated heterocycles. The second-order valence-corrected chi connectivity index (χ2v) is 2.66. The normalized spacial score (nSPS) is 12.0. The Morgan fingerprint density at radius 2 is 2.15 bits per heavy atom. The van der Waals surface area contributed by atoms with Gasteiger partial charge in [0.1, 0.15) is 12.2 Å². The summed E-state index contributed by atoms with van der Waals surface area (Å²) in [5.41, 5.74) is 0. The summed E-state index contributed by atoms with van der Waals surface area (Å²) < 4.78 is 36.9. The Labute approximate surface area is 73.6 Å². The summed E-state index contributed by atoms with van der Waals surface area (Å²) >= 11 is 0. The summed E-state index contributed by atoms with van der Waals surface area (Å²) in [4.78, 5) is 0. The van der Waals surface area contributed by atoms with Crippen LogP contribution in [0.15, 0.2) is 6.33 Å². The minimum absolute atomic E-state index is 0.0975. The zero-order valence-electron chi connectivity index (χ0n) is 7.17. The van der Waals surface area contributed by atoms with E-state index in [1.165, 1.54) is 10.9 Å². The van der Waals surface area contributed by atoms with Gasteiger partial charge in [-0.2, -0.15) is 13.2 Å². The van der Waals surface area contributed by atoms with Crippen molar-refractivity contribution in [3.05, 3.63) is 12.2 Å². The Hall–Kier alpha value is -1.07. The number of rotatable bonds is 3. The average Bonchev–Trinajstić information content (AvgIpc) is 2.46. The monoisotopic (exact) mass is 193 g/mol. The number of aromatic nitrogens is 3. The van der Waals surface area contributed by atoms with E-state index < -0.39 is 12.6 Å². The largest absolute Gasteiger partial charge is 0.390 e. The molecular weight excluding hydrogens is 183 g/mol. The zero-order chi connectivity index (χ0) is 9.90. The van der Waals surface area contributed by atoms with Crippen molar-refractivity contribution in [1.82, 2.24) is 14.8 Å². The number of halogens is 3. The quantitative estimate of drug-likeness (QED) is 0.732. The molecular formula is C7H10F3N3. The molecule has 0 spiro atoms. The Morgan fingerprint density at radius 1 is 1.46 bits per heavy atom. The molecule has 0 fully saturated rings. The third kappa shape index (κ3) is 3.04. The molecule has 0 aliphatic rings. The van der Waals surface area contributed by atoms with Gasteiger partial charge in [-0.1, -0.05) is 6.92 Å². The Bertz CT molecular complexity index is 266. The van der Waals surface area contributed by atoms with Crippen LogP contribution in [0.1, 0.15) is 19.2 Å². The predicted molar refractivity (Wildman–Crippen MR) is 40.1 cm³/mol. The van der Waals surface area contributed by atoms with E-state index >= 15 is 0 Å². The van der Waals surface area contributed by atoms with Gasteiger partial charge >= 0.3 is 6.18 Å². The summed E-state index contributed by atoms with van der Waals surface area (Å²) in [6.45, 7) is 1.73. The molecule has 13 heavy (non-hydrogen) atoms. The van der Waals surface area contributed by atoms with Crippen molar-refractivity contribution in [2.75, 3.05) is 0 Å². The molecule has 0 aromatic carbocycles. The van der Waals surface area contributed by atoms with Crippen LogP contribution in [-0.2, 0) is 13.0 Å². The Balaban J connectivity index is 2.54. The minimum Gasteiger partial charge on any atom is -0.317 e. The lowest BCUT2D eigenvalue weighted by Crippen LogP contribution is -2.13. The Kier molecular flexibility index (Phi) is 2.90. The second kappa shape index (κ2) is 3.76. The first kappa shape index (κ1) is 10.0. The molecule has 0 saturated carbocycles. The van der Waals surface area contributed by atoms with Crippen molar-refractivity contribution < 1.29 is 13.2 Å². The molecule has 0 N–H and O–H groups in total. The van der Waals surface area contributed by atoms with E-state index in [0.29, 0.717) is 12.2 Å². The van der Waals surface area contributed by atoms with Crippen molar-refractivity contribution >= 4 is 0 Å². The highest BCUT2D eigenvalue weighted by Crippen LogP contribution is 2.20. The van der Waals surface area contributed by atoms with Crippen LogP contribution in [0.2, 0.25) is 0 Å². The fourth-order valence-corrected chi connectivity index (χ4v) is 0.987. The van der Waals surface area contributed by atoms with Gasteiger partial charge in [-0.3, -0.25) is 0 Å². The number of nitrogens with zero attached hydrogens (tertiary/aromatic N) is 3. The van der Waals surface area contributed by atoms with Crippen LogP contribution in [0.25, 0.3) is 0 Å². The van der Waals surface area contributed by atoms with Crippen molar-refractivity contribution in [3.8, 4) is 0 Å². The van der Waals surface area contributed by atoms with E-state index in [2.05, 4.69) is 10.2 Å². The van der Waals surface area contributed by atoms with E-state index in [9.17, 15) is 13.2 Å². The smallest absolute Gasteiger partial charge is 0.317 e. The van der Waals surface area contributed by atoms with Gasteiger partial charge in [0.05, 0.1) is 6.42 Å².